The van der Waals surface area contributed by atoms with Gasteiger partial charge in [0.05, 0.1) is 6.54 Å². The number of hydrogen-bond donors (Lipinski definition) is 0. The van der Waals surface area contributed by atoms with Gasteiger partial charge in [-0.1, -0.05) is 6.07 Å². The first-order valence-electron chi connectivity index (χ1n) is 8.55. The van der Waals surface area contributed by atoms with Gasteiger partial charge in [-0.2, -0.15) is 0 Å². The van der Waals surface area contributed by atoms with Crippen molar-refractivity contribution < 1.29 is 8.78 Å². The second-order valence-electron chi connectivity index (χ2n) is 6.65. The third kappa shape index (κ3) is 3.14. The second-order valence-corrected chi connectivity index (χ2v) is 6.65. The van der Waals surface area contributed by atoms with E-state index in [2.05, 4.69) is 14.9 Å². The van der Waals surface area contributed by atoms with Crippen LogP contribution in [0, 0.1) is 11.6 Å². The van der Waals surface area contributed by atoms with E-state index in [0.717, 1.165) is 55.5 Å². The Morgan fingerprint density at radius 1 is 1.16 bits per heavy atom. The number of hydrogen-bond acceptors (Lipinski definition) is 3. The first-order valence-corrected chi connectivity index (χ1v) is 8.55. The first-order chi connectivity index (χ1) is 12.1. The zero-order chi connectivity index (χ0) is 17.4. The average Bonchev–Trinajstić information content (AvgIpc) is 2.92. The van der Waals surface area contributed by atoms with Gasteiger partial charge in [-0.15, -0.1) is 0 Å². The van der Waals surface area contributed by atoms with Crippen molar-refractivity contribution in [3.63, 3.8) is 0 Å². The summed E-state index contributed by atoms with van der Waals surface area (Å²) in [7, 11) is 1.98. The lowest BCUT2D eigenvalue weighted by molar-refractivity contribution is 0.197. The van der Waals surface area contributed by atoms with E-state index in [4.69, 9.17) is 0 Å². The Labute approximate surface area is 145 Å². The summed E-state index contributed by atoms with van der Waals surface area (Å²) in [5.74, 6) is 0.188. The molecule has 130 valence electrons. The van der Waals surface area contributed by atoms with E-state index in [1.165, 1.54) is 6.07 Å². The van der Waals surface area contributed by atoms with Gasteiger partial charge in [0.15, 0.2) is 5.65 Å². The Balaban J connectivity index is 1.44. The third-order valence-corrected chi connectivity index (χ3v) is 5.08. The SMILES string of the molecule is Cn1c(CN2CCC(c3ccc(F)cc3F)CC2)nc2cccnc21. The summed E-state index contributed by atoms with van der Waals surface area (Å²) in [5.41, 5.74) is 2.43. The van der Waals surface area contributed by atoms with Crippen molar-refractivity contribution >= 4 is 11.2 Å². The molecule has 6 heteroatoms. The smallest absolute Gasteiger partial charge is 0.159 e. The molecular weight excluding hydrogens is 322 g/mol. The van der Waals surface area contributed by atoms with E-state index in [1.807, 2.05) is 23.7 Å². The van der Waals surface area contributed by atoms with E-state index in [1.54, 1.807) is 12.3 Å². The Bertz CT molecular complexity index is 898. The summed E-state index contributed by atoms with van der Waals surface area (Å²) >= 11 is 0. The first kappa shape index (κ1) is 16.1. The van der Waals surface area contributed by atoms with Crippen molar-refractivity contribution in [2.75, 3.05) is 13.1 Å². The fourth-order valence-corrected chi connectivity index (χ4v) is 3.65. The van der Waals surface area contributed by atoms with E-state index >= 15 is 0 Å². The number of benzene rings is 1. The predicted molar refractivity (Wildman–Crippen MR) is 92.1 cm³/mol. The van der Waals surface area contributed by atoms with Crippen LogP contribution < -0.4 is 0 Å². The molecule has 1 aliphatic heterocycles. The summed E-state index contributed by atoms with van der Waals surface area (Å²) in [6, 6.07) is 7.77. The summed E-state index contributed by atoms with van der Waals surface area (Å²) < 4.78 is 29.1. The minimum atomic E-state index is -0.519. The minimum absolute atomic E-state index is 0.152. The number of pyridine rings is 1. The molecule has 1 saturated heterocycles. The highest BCUT2D eigenvalue weighted by atomic mass is 19.1. The van der Waals surface area contributed by atoms with Crippen LogP contribution in [0.15, 0.2) is 36.5 Å². The van der Waals surface area contributed by atoms with Gasteiger partial charge in [-0.3, -0.25) is 4.90 Å². The summed E-state index contributed by atoms with van der Waals surface area (Å²) in [6.45, 7) is 2.50. The fraction of sp³-hybridized carbons (Fsp3) is 0.368. The molecule has 0 atom stereocenters. The number of fused-ring (bicyclic) bond motifs is 1. The van der Waals surface area contributed by atoms with Crippen molar-refractivity contribution in [2.45, 2.75) is 25.3 Å². The van der Waals surface area contributed by atoms with Crippen molar-refractivity contribution in [1.82, 2.24) is 19.4 Å². The van der Waals surface area contributed by atoms with Gasteiger partial charge in [0, 0.05) is 19.3 Å². The molecule has 2 aromatic heterocycles. The Kier molecular flexibility index (Phi) is 4.21. The summed E-state index contributed by atoms with van der Waals surface area (Å²) in [6.07, 6.45) is 3.51. The van der Waals surface area contributed by atoms with Gasteiger partial charge in [0.25, 0.3) is 0 Å². The van der Waals surface area contributed by atoms with Crippen molar-refractivity contribution in [3.05, 3.63) is 59.6 Å². The van der Waals surface area contributed by atoms with Gasteiger partial charge < -0.3 is 4.57 Å². The van der Waals surface area contributed by atoms with Crippen molar-refractivity contribution in [2.24, 2.45) is 7.05 Å². The number of likely N-dealkylation sites (tertiary alicyclic amines) is 1. The molecule has 0 amide bonds. The highest BCUT2D eigenvalue weighted by Crippen LogP contribution is 2.30. The predicted octanol–water partition coefficient (Wildman–Crippen LogP) is 3.63. The maximum absolute atomic E-state index is 14.0. The topological polar surface area (TPSA) is 34.0 Å². The van der Waals surface area contributed by atoms with Gasteiger partial charge in [0.1, 0.15) is 23.0 Å². The van der Waals surface area contributed by atoms with Crippen LogP contribution in [-0.2, 0) is 13.6 Å². The normalized spacial score (nSPS) is 16.6. The summed E-state index contributed by atoms with van der Waals surface area (Å²) in [5, 5.41) is 0. The van der Waals surface area contributed by atoms with Crippen LogP contribution in [-0.4, -0.2) is 32.5 Å². The number of piperidine rings is 1. The quantitative estimate of drug-likeness (QED) is 0.729. The molecule has 0 N–H and O–H groups in total. The summed E-state index contributed by atoms with van der Waals surface area (Å²) in [4.78, 5) is 11.4. The Morgan fingerprint density at radius 2 is 1.96 bits per heavy atom. The molecule has 0 spiro atoms. The van der Waals surface area contributed by atoms with Gasteiger partial charge >= 0.3 is 0 Å². The van der Waals surface area contributed by atoms with Gasteiger partial charge in [-0.25, -0.2) is 18.7 Å². The van der Waals surface area contributed by atoms with Crippen molar-refractivity contribution in [3.8, 4) is 0 Å². The number of rotatable bonds is 3. The standard InChI is InChI=1S/C19H20F2N4/c1-24-18(23-17-3-2-8-22-19(17)24)12-25-9-6-13(7-10-25)15-5-4-14(20)11-16(15)21/h2-5,8,11,13H,6-7,9-10,12H2,1H3. The molecule has 3 aromatic rings. The molecule has 0 unspecified atom stereocenters. The molecule has 0 bridgehead atoms. The number of halogens is 2. The van der Waals surface area contributed by atoms with Crippen LogP contribution in [0.25, 0.3) is 11.2 Å². The zero-order valence-electron chi connectivity index (χ0n) is 14.1. The molecule has 1 aliphatic rings. The molecule has 25 heavy (non-hydrogen) atoms. The zero-order valence-corrected chi connectivity index (χ0v) is 14.1. The molecule has 4 rings (SSSR count). The molecule has 0 saturated carbocycles. The van der Waals surface area contributed by atoms with E-state index in [0.29, 0.717) is 5.56 Å². The Morgan fingerprint density at radius 3 is 2.68 bits per heavy atom. The molecule has 3 heterocycles. The molecule has 1 aromatic carbocycles. The molecule has 1 fully saturated rings. The van der Waals surface area contributed by atoms with Crippen LogP contribution in [0.4, 0.5) is 8.78 Å². The maximum Gasteiger partial charge on any atom is 0.159 e. The average molecular weight is 342 g/mol. The van der Waals surface area contributed by atoms with Gasteiger partial charge in [-0.05, 0) is 55.6 Å². The lowest BCUT2D eigenvalue weighted by Gasteiger charge is -2.32. The van der Waals surface area contributed by atoms with Crippen LogP contribution in [0.1, 0.15) is 30.1 Å². The van der Waals surface area contributed by atoms with Gasteiger partial charge in [0.2, 0.25) is 0 Å². The monoisotopic (exact) mass is 342 g/mol. The highest BCUT2D eigenvalue weighted by molar-refractivity contribution is 5.70. The molecule has 4 nitrogen and oxygen atoms in total. The maximum atomic E-state index is 14.0. The number of aryl methyl sites for hydroxylation is 1. The van der Waals surface area contributed by atoms with Crippen LogP contribution in [0.5, 0.6) is 0 Å². The minimum Gasteiger partial charge on any atom is -0.315 e. The number of nitrogens with zero attached hydrogens (tertiary/aromatic N) is 4. The lowest BCUT2D eigenvalue weighted by Crippen LogP contribution is -2.33. The van der Waals surface area contributed by atoms with Crippen LogP contribution >= 0.6 is 0 Å². The highest BCUT2D eigenvalue weighted by Gasteiger charge is 2.24. The molecular formula is C19H20F2N4. The molecule has 0 aliphatic carbocycles. The number of aromatic nitrogens is 3. The fourth-order valence-electron chi connectivity index (χ4n) is 3.65. The van der Waals surface area contributed by atoms with E-state index in [-0.39, 0.29) is 5.92 Å². The second kappa shape index (κ2) is 6.52. The van der Waals surface area contributed by atoms with Crippen LogP contribution in [0.3, 0.4) is 0 Å². The van der Waals surface area contributed by atoms with Crippen LogP contribution in [0.2, 0.25) is 0 Å². The van der Waals surface area contributed by atoms with E-state index < -0.39 is 11.6 Å². The van der Waals surface area contributed by atoms with E-state index in [9.17, 15) is 8.78 Å². The number of imidazole rings is 1. The molecule has 0 radical (unpaired) electrons. The lowest BCUT2D eigenvalue weighted by atomic mass is 9.89. The third-order valence-electron chi connectivity index (χ3n) is 5.08. The van der Waals surface area contributed by atoms with Crippen molar-refractivity contribution in [1.29, 1.82) is 0 Å². The largest absolute Gasteiger partial charge is 0.315 e. The Hall–Kier alpha value is -2.34.